The number of nitrogens with one attached hydrogen (secondary N) is 1. The molecule has 3 N–H and O–H groups in total. The number of carbonyl (C=O) groups excluding carboxylic acids is 1. The standard InChI is InChI=1S/C11H15N3O3S/c1-7(15)14-4-3-8-5-9(18(16,17)13-2)6-10(12)11(8)14/h5-6,13H,3-4,12H2,1-2H3. The average molecular weight is 269 g/mol. The predicted molar refractivity (Wildman–Crippen MR) is 68.8 cm³/mol. The minimum Gasteiger partial charge on any atom is -0.397 e. The lowest BCUT2D eigenvalue weighted by Crippen LogP contribution is -2.26. The van der Waals surface area contributed by atoms with Crippen LogP contribution in [0.3, 0.4) is 0 Å². The Morgan fingerprint density at radius 1 is 1.44 bits per heavy atom. The number of nitrogen functional groups attached to an aromatic ring is 1. The number of nitrogens with two attached hydrogens (primary N) is 1. The zero-order chi connectivity index (χ0) is 13.5. The quantitative estimate of drug-likeness (QED) is 0.744. The van der Waals surface area contributed by atoms with Gasteiger partial charge in [-0.1, -0.05) is 0 Å². The Morgan fingerprint density at radius 3 is 2.67 bits per heavy atom. The summed E-state index contributed by atoms with van der Waals surface area (Å²) in [5.74, 6) is -0.0929. The van der Waals surface area contributed by atoms with Crippen LogP contribution >= 0.6 is 0 Å². The maximum Gasteiger partial charge on any atom is 0.240 e. The summed E-state index contributed by atoms with van der Waals surface area (Å²) in [5, 5.41) is 0. The smallest absolute Gasteiger partial charge is 0.240 e. The van der Waals surface area contributed by atoms with E-state index in [4.69, 9.17) is 5.73 Å². The number of hydrogen-bond acceptors (Lipinski definition) is 4. The van der Waals surface area contributed by atoms with Gasteiger partial charge in [0.1, 0.15) is 0 Å². The van der Waals surface area contributed by atoms with Gasteiger partial charge in [-0.15, -0.1) is 0 Å². The van der Waals surface area contributed by atoms with Crippen molar-refractivity contribution < 1.29 is 13.2 Å². The van der Waals surface area contributed by atoms with Crippen LogP contribution in [0.2, 0.25) is 0 Å². The maximum absolute atomic E-state index is 11.7. The summed E-state index contributed by atoms with van der Waals surface area (Å²) < 4.78 is 25.7. The largest absolute Gasteiger partial charge is 0.397 e. The van der Waals surface area contributed by atoms with Crippen molar-refractivity contribution in [1.82, 2.24) is 4.72 Å². The van der Waals surface area contributed by atoms with Crippen molar-refractivity contribution >= 4 is 27.3 Å². The van der Waals surface area contributed by atoms with Crippen molar-refractivity contribution in [3.63, 3.8) is 0 Å². The van der Waals surface area contributed by atoms with E-state index in [1.165, 1.54) is 20.0 Å². The number of nitrogens with zero attached hydrogens (tertiary/aromatic N) is 1. The first-order chi connectivity index (χ1) is 8.36. The molecule has 1 aliphatic heterocycles. The lowest BCUT2D eigenvalue weighted by molar-refractivity contribution is -0.116. The van der Waals surface area contributed by atoms with Crippen molar-refractivity contribution in [2.75, 3.05) is 24.2 Å². The highest BCUT2D eigenvalue weighted by molar-refractivity contribution is 7.89. The van der Waals surface area contributed by atoms with E-state index < -0.39 is 10.0 Å². The van der Waals surface area contributed by atoms with E-state index in [-0.39, 0.29) is 10.8 Å². The van der Waals surface area contributed by atoms with Crippen LogP contribution in [0.1, 0.15) is 12.5 Å². The Kier molecular flexibility index (Phi) is 3.04. The number of carbonyl (C=O) groups is 1. The van der Waals surface area contributed by atoms with Gasteiger partial charge in [0.05, 0.1) is 16.3 Å². The molecule has 1 heterocycles. The van der Waals surface area contributed by atoms with Crippen LogP contribution in [-0.2, 0) is 21.2 Å². The second-order valence-corrected chi connectivity index (χ2v) is 6.03. The van der Waals surface area contributed by atoms with Crippen LogP contribution in [0.15, 0.2) is 17.0 Å². The highest BCUT2D eigenvalue weighted by Crippen LogP contribution is 2.36. The molecule has 2 rings (SSSR count). The molecule has 0 saturated heterocycles. The van der Waals surface area contributed by atoms with Gasteiger partial charge in [0.2, 0.25) is 15.9 Å². The molecule has 18 heavy (non-hydrogen) atoms. The zero-order valence-corrected chi connectivity index (χ0v) is 11.0. The summed E-state index contributed by atoms with van der Waals surface area (Å²) in [7, 11) is -2.17. The summed E-state index contributed by atoms with van der Waals surface area (Å²) in [5.41, 5.74) is 7.61. The van der Waals surface area contributed by atoms with Gasteiger partial charge in [0, 0.05) is 13.5 Å². The van der Waals surface area contributed by atoms with E-state index >= 15 is 0 Å². The second kappa shape index (κ2) is 4.25. The fraction of sp³-hybridized carbons (Fsp3) is 0.364. The summed E-state index contributed by atoms with van der Waals surface area (Å²) in [6.45, 7) is 2.00. The number of benzene rings is 1. The van der Waals surface area contributed by atoms with Crippen LogP contribution in [0.4, 0.5) is 11.4 Å². The van der Waals surface area contributed by atoms with E-state index in [1.807, 2.05) is 0 Å². The third kappa shape index (κ3) is 1.95. The van der Waals surface area contributed by atoms with Crippen molar-refractivity contribution in [2.45, 2.75) is 18.2 Å². The van der Waals surface area contributed by atoms with Crippen LogP contribution in [0, 0.1) is 0 Å². The number of sulfonamides is 1. The van der Waals surface area contributed by atoms with Gasteiger partial charge in [-0.3, -0.25) is 4.79 Å². The lowest BCUT2D eigenvalue weighted by Gasteiger charge is -2.17. The second-order valence-electron chi connectivity index (χ2n) is 4.15. The topological polar surface area (TPSA) is 92.5 Å². The molecular formula is C11H15N3O3S. The molecule has 6 nitrogen and oxygen atoms in total. The molecule has 1 amide bonds. The van der Waals surface area contributed by atoms with Gasteiger partial charge >= 0.3 is 0 Å². The number of fused-ring (bicyclic) bond motifs is 1. The molecule has 1 aromatic rings. The third-order valence-electron chi connectivity index (χ3n) is 3.03. The van der Waals surface area contributed by atoms with Crippen molar-refractivity contribution in [2.24, 2.45) is 0 Å². The number of anilines is 2. The molecule has 7 heteroatoms. The molecule has 0 aliphatic carbocycles. The van der Waals surface area contributed by atoms with Gasteiger partial charge < -0.3 is 10.6 Å². The highest BCUT2D eigenvalue weighted by Gasteiger charge is 2.27. The first-order valence-electron chi connectivity index (χ1n) is 5.51. The lowest BCUT2D eigenvalue weighted by atomic mass is 10.1. The molecule has 1 aromatic carbocycles. The maximum atomic E-state index is 11.7. The Bertz CT molecular complexity index is 610. The summed E-state index contributed by atoms with van der Waals surface area (Å²) in [6.07, 6.45) is 0.617. The SMILES string of the molecule is CNS(=O)(=O)c1cc(N)c2c(c1)CCN2C(C)=O. The van der Waals surface area contributed by atoms with Crippen molar-refractivity contribution in [3.8, 4) is 0 Å². The van der Waals surface area contributed by atoms with Gasteiger partial charge in [-0.25, -0.2) is 13.1 Å². The van der Waals surface area contributed by atoms with E-state index in [9.17, 15) is 13.2 Å². The average Bonchev–Trinajstić information content (AvgIpc) is 2.73. The van der Waals surface area contributed by atoms with Crippen LogP contribution in [0.5, 0.6) is 0 Å². The molecule has 0 aromatic heterocycles. The Labute approximate surface area is 106 Å². The van der Waals surface area contributed by atoms with Crippen molar-refractivity contribution in [1.29, 1.82) is 0 Å². The van der Waals surface area contributed by atoms with E-state index in [0.29, 0.717) is 24.3 Å². The number of hydrogen-bond donors (Lipinski definition) is 2. The number of rotatable bonds is 2. The fourth-order valence-electron chi connectivity index (χ4n) is 2.14. The molecule has 0 atom stereocenters. The minimum absolute atomic E-state index is 0.0929. The normalized spacial score (nSPS) is 14.7. The number of amides is 1. The Morgan fingerprint density at radius 2 is 2.11 bits per heavy atom. The Hall–Kier alpha value is -1.60. The van der Waals surface area contributed by atoms with E-state index in [2.05, 4.69) is 4.72 Å². The van der Waals surface area contributed by atoms with Gasteiger partial charge in [-0.05, 0) is 31.2 Å². The molecule has 0 bridgehead atoms. The zero-order valence-electron chi connectivity index (χ0n) is 10.2. The van der Waals surface area contributed by atoms with Crippen LogP contribution < -0.4 is 15.4 Å². The monoisotopic (exact) mass is 269 g/mol. The first-order valence-corrected chi connectivity index (χ1v) is 6.99. The third-order valence-corrected chi connectivity index (χ3v) is 4.42. The first kappa shape index (κ1) is 12.8. The molecule has 98 valence electrons. The van der Waals surface area contributed by atoms with Crippen LogP contribution in [-0.4, -0.2) is 27.9 Å². The van der Waals surface area contributed by atoms with Gasteiger partial charge in [0.15, 0.2) is 0 Å². The van der Waals surface area contributed by atoms with Crippen LogP contribution in [0.25, 0.3) is 0 Å². The predicted octanol–water partition coefficient (Wildman–Crippen LogP) is 0.0859. The Balaban J connectivity index is 2.57. The minimum atomic E-state index is -3.51. The molecule has 0 spiro atoms. The molecule has 0 radical (unpaired) electrons. The summed E-state index contributed by atoms with van der Waals surface area (Å²) in [6, 6.07) is 2.95. The molecule has 0 unspecified atom stereocenters. The van der Waals surface area contributed by atoms with Crippen molar-refractivity contribution in [3.05, 3.63) is 17.7 Å². The fourth-order valence-corrected chi connectivity index (χ4v) is 2.96. The molecule has 0 fully saturated rings. The molecule has 1 aliphatic rings. The van der Waals surface area contributed by atoms with Gasteiger partial charge in [0.25, 0.3) is 0 Å². The highest BCUT2D eigenvalue weighted by atomic mass is 32.2. The van der Waals surface area contributed by atoms with Gasteiger partial charge in [-0.2, -0.15) is 0 Å². The summed E-state index contributed by atoms with van der Waals surface area (Å²) in [4.78, 5) is 13.1. The van der Waals surface area contributed by atoms with E-state index in [1.54, 1.807) is 11.0 Å². The molecular weight excluding hydrogens is 254 g/mol. The molecule has 0 saturated carbocycles. The summed E-state index contributed by atoms with van der Waals surface area (Å²) >= 11 is 0. The van der Waals surface area contributed by atoms with E-state index in [0.717, 1.165) is 5.56 Å².